The van der Waals surface area contributed by atoms with Crippen LogP contribution in [0.25, 0.3) is 0 Å². The van der Waals surface area contributed by atoms with Gasteiger partial charge >= 0.3 is 0 Å². The number of hydrogen-bond donors (Lipinski definition) is 0. The van der Waals surface area contributed by atoms with E-state index >= 15 is 0 Å². The maximum absolute atomic E-state index is 5.83. The average molecular weight is 183 g/mol. The Balaban J connectivity index is 1.84. The molecule has 13 heavy (non-hydrogen) atoms. The summed E-state index contributed by atoms with van der Waals surface area (Å²) < 4.78 is 5.83. The van der Waals surface area contributed by atoms with Gasteiger partial charge in [0.1, 0.15) is 0 Å². The smallest absolute Gasteiger partial charge is 0.0604 e. The third kappa shape index (κ3) is 1.89. The van der Waals surface area contributed by atoms with E-state index < -0.39 is 0 Å². The summed E-state index contributed by atoms with van der Waals surface area (Å²) in [6, 6.07) is 1.64. The van der Waals surface area contributed by atoms with Gasteiger partial charge in [0.25, 0.3) is 0 Å². The van der Waals surface area contributed by atoms with Crippen LogP contribution in [0.15, 0.2) is 0 Å². The molecular formula is C11H21NO. The van der Waals surface area contributed by atoms with Crippen LogP contribution in [0.4, 0.5) is 0 Å². The number of ether oxygens (including phenoxy) is 1. The van der Waals surface area contributed by atoms with Crippen LogP contribution in [0.2, 0.25) is 0 Å². The second-order valence-electron chi connectivity index (χ2n) is 4.51. The fourth-order valence-corrected chi connectivity index (χ4v) is 2.78. The van der Waals surface area contributed by atoms with Gasteiger partial charge in [-0.2, -0.15) is 0 Å². The van der Waals surface area contributed by atoms with Crippen molar-refractivity contribution in [3.05, 3.63) is 0 Å². The molecule has 2 bridgehead atoms. The molecule has 2 saturated heterocycles. The van der Waals surface area contributed by atoms with E-state index in [9.17, 15) is 0 Å². The maximum Gasteiger partial charge on any atom is 0.0604 e. The number of nitrogens with zero attached hydrogens (tertiary/aromatic N) is 1. The topological polar surface area (TPSA) is 12.5 Å². The summed E-state index contributed by atoms with van der Waals surface area (Å²) in [5, 5.41) is 0. The second kappa shape index (κ2) is 3.97. The molecule has 0 N–H and O–H groups in total. The molecule has 2 nitrogen and oxygen atoms in total. The molecule has 2 aliphatic heterocycles. The lowest BCUT2D eigenvalue weighted by atomic mass is 10.0. The molecule has 2 fully saturated rings. The van der Waals surface area contributed by atoms with E-state index in [1.54, 1.807) is 0 Å². The number of piperidine rings is 1. The Labute approximate surface area is 81.3 Å². The Hall–Kier alpha value is -0.0800. The van der Waals surface area contributed by atoms with Gasteiger partial charge in [0, 0.05) is 18.7 Å². The van der Waals surface area contributed by atoms with Crippen molar-refractivity contribution < 1.29 is 4.74 Å². The molecule has 0 aliphatic carbocycles. The van der Waals surface area contributed by atoms with Crippen molar-refractivity contribution in [2.45, 2.75) is 57.2 Å². The minimum absolute atomic E-state index is 0.564. The second-order valence-corrected chi connectivity index (χ2v) is 4.51. The predicted octanol–water partition coefficient (Wildman–Crippen LogP) is 2.04. The van der Waals surface area contributed by atoms with Crippen molar-refractivity contribution in [1.29, 1.82) is 0 Å². The van der Waals surface area contributed by atoms with Crippen molar-refractivity contribution in [3.63, 3.8) is 0 Å². The van der Waals surface area contributed by atoms with Crippen LogP contribution in [0.5, 0.6) is 0 Å². The summed E-state index contributed by atoms with van der Waals surface area (Å²) in [7, 11) is 2.28. The molecule has 0 aromatic carbocycles. The Morgan fingerprint density at radius 3 is 2.38 bits per heavy atom. The van der Waals surface area contributed by atoms with Gasteiger partial charge in [0.05, 0.1) is 6.10 Å². The van der Waals surface area contributed by atoms with Crippen molar-refractivity contribution in [3.8, 4) is 0 Å². The summed E-state index contributed by atoms with van der Waals surface area (Å²) in [6.07, 6.45) is 7.05. The van der Waals surface area contributed by atoms with E-state index in [1.807, 2.05) is 0 Å². The Bertz CT molecular complexity index is 157. The highest BCUT2D eigenvalue weighted by Gasteiger charge is 2.38. The summed E-state index contributed by atoms with van der Waals surface area (Å²) in [5.74, 6) is 0. The SMILES string of the molecule is CCCOC1CC2CCC(C1)N2C. The van der Waals surface area contributed by atoms with E-state index in [0.29, 0.717) is 6.10 Å². The number of hydrogen-bond acceptors (Lipinski definition) is 2. The molecule has 2 atom stereocenters. The van der Waals surface area contributed by atoms with Gasteiger partial charge in [-0.05, 0) is 39.2 Å². The third-order valence-corrected chi connectivity index (χ3v) is 3.61. The van der Waals surface area contributed by atoms with E-state index in [-0.39, 0.29) is 0 Å². The van der Waals surface area contributed by atoms with Crippen LogP contribution < -0.4 is 0 Å². The quantitative estimate of drug-likeness (QED) is 0.664. The highest BCUT2D eigenvalue weighted by molar-refractivity contribution is 4.93. The first-order valence-corrected chi connectivity index (χ1v) is 5.64. The monoisotopic (exact) mass is 183 g/mol. The number of fused-ring (bicyclic) bond motifs is 2. The van der Waals surface area contributed by atoms with Crippen molar-refractivity contribution in [2.24, 2.45) is 0 Å². The molecule has 0 aromatic heterocycles. The molecule has 2 rings (SSSR count). The molecule has 2 heterocycles. The average Bonchev–Trinajstić information content (AvgIpc) is 2.41. The summed E-state index contributed by atoms with van der Waals surface area (Å²) in [5.41, 5.74) is 0. The van der Waals surface area contributed by atoms with Crippen LogP contribution in [0, 0.1) is 0 Å². The zero-order valence-corrected chi connectivity index (χ0v) is 8.83. The highest BCUT2D eigenvalue weighted by Crippen LogP contribution is 2.35. The van der Waals surface area contributed by atoms with Crippen molar-refractivity contribution in [1.82, 2.24) is 4.90 Å². The molecule has 2 heteroatoms. The van der Waals surface area contributed by atoms with Crippen LogP contribution in [0.1, 0.15) is 39.0 Å². The predicted molar refractivity (Wildman–Crippen MR) is 53.8 cm³/mol. The highest BCUT2D eigenvalue weighted by atomic mass is 16.5. The lowest BCUT2D eigenvalue weighted by Gasteiger charge is -2.36. The minimum Gasteiger partial charge on any atom is -0.378 e. The largest absolute Gasteiger partial charge is 0.378 e. The molecular weight excluding hydrogens is 162 g/mol. The first-order valence-electron chi connectivity index (χ1n) is 5.64. The van der Waals surface area contributed by atoms with Crippen LogP contribution >= 0.6 is 0 Å². The zero-order valence-electron chi connectivity index (χ0n) is 8.83. The lowest BCUT2D eigenvalue weighted by molar-refractivity contribution is -0.0119. The number of rotatable bonds is 3. The molecule has 2 aliphatic rings. The van der Waals surface area contributed by atoms with E-state index in [0.717, 1.165) is 25.1 Å². The standard InChI is InChI=1S/C11H21NO/c1-3-6-13-11-7-9-4-5-10(8-11)12(9)2/h9-11H,3-8H2,1-2H3. The molecule has 0 radical (unpaired) electrons. The van der Waals surface area contributed by atoms with Crippen molar-refractivity contribution >= 4 is 0 Å². The molecule has 0 spiro atoms. The minimum atomic E-state index is 0.564. The Kier molecular flexibility index (Phi) is 2.89. The van der Waals surface area contributed by atoms with E-state index in [1.165, 1.54) is 25.7 Å². The first kappa shape index (κ1) is 9.47. The summed E-state index contributed by atoms with van der Waals surface area (Å²) in [4.78, 5) is 2.56. The van der Waals surface area contributed by atoms with Gasteiger partial charge in [0.15, 0.2) is 0 Å². The van der Waals surface area contributed by atoms with Crippen LogP contribution in [-0.4, -0.2) is 36.7 Å². The molecule has 0 amide bonds. The maximum atomic E-state index is 5.83. The normalized spacial score (nSPS) is 39.7. The first-order chi connectivity index (χ1) is 6.31. The molecule has 0 aromatic rings. The van der Waals surface area contributed by atoms with Gasteiger partial charge in [0.2, 0.25) is 0 Å². The molecule has 76 valence electrons. The third-order valence-electron chi connectivity index (χ3n) is 3.61. The van der Waals surface area contributed by atoms with E-state index in [4.69, 9.17) is 4.74 Å². The van der Waals surface area contributed by atoms with Gasteiger partial charge in [-0.25, -0.2) is 0 Å². The fourth-order valence-electron chi connectivity index (χ4n) is 2.78. The Morgan fingerprint density at radius 2 is 1.85 bits per heavy atom. The molecule has 2 unspecified atom stereocenters. The van der Waals surface area contributed by atoms with Gasteiger partial charge in [-0.1, -0.05) is 6.92 Å². The van der Waals surface area contributed by atoms with Crippen molar-refractivity contribution in [2.75, 3.05) is 13.7 Å². The van der Waals surface area contributed by atoms with Crippen LogP contribution in [-0.2, 0) is 4.74 Å². The summed E-state index contributed by atoms with van der Waals surface area (Å²) in [6.45, 7) is 3.14. The molecule has 0 saturated carbocycles. The van der Waals surface area contributed by atoms with E-state index in [2.05, 4.69) is 18.9 Å². The lowest BCUT2D eigenvalue weighted by Crippen LogP contribution is -2.42. The van der Waals surface area contributed by atoms with Gasteiger partial charge < -0.3 is 9.64 Å². The Morgan fingerprint density at radius 1 is 1.23 bits per heavy atom. The summed E-state index contributed by atoms with van der Waals surface area (Å²) >= 11 is 0. The van der Waals surface area contributed by atoms with Crippen LogP contribution in [0.3, 0.4) is 0 Å². The van der Waals surface area contributed by atoms with Gasteiger partial charge in [-0.15, -0.1) is 0 Å². The zero-order chi connectivity index (χ0) is 9.26. The fraction of sp³-hybridized carbons (Fsp3) is 1.00. The van der Waals surface area contributed by atoms with Gasteiger partial charge in [-0.3, -0.25) is 0 Å².